The van der Waals surface area contributed by atoms with Gasteiger partial charge in [-0.25, -0.2) is 9.59 Å². The molecule has 2 aliphatic rings. The van der Waals surface area contributed by atoms with Crippen LogP contribution in [-0.2, 0) is 18.9 Å². The molecule has 150 valence electrons. The lowest BCUT2D eigenvalue weighted by molar-refractivity contribution is -0.129. The summed E-state index contributed by atoms with van der Waals surface area (Å²) < 4.78 is 3.13. The third kappa shape index (κ3) is 3.39. The van der Waals surface area contributed by atoms with Crippen LogP contribution in [0.15, 0.2) is 23.0 Å². The van der Waals surface area contributed by atoms with Gasteiger partial charge in [0.05, 0.1) is 11.0 Å². The van der Waals surface area contributed by atoms with Crippen molar-refractivity contribution in [2.24, 2.45) is 20.0 Å². The van der Waals surface area contributed by atoms with Crippen LogP contribution in [-0.4, -0.2) is 45.1 Å². The monoisotopic (exact) mass is 385 g/mol. The SMILES string of the molecule is Cn1c(=O)n(C)c2cc(NC(=O)NCC3CC(=O)N(C4CCCC4)C3)ccc21. The summed E-state index contributed by atoms with van der Waals surface area (Å²) in [5.41, 5.74) is 2.10. The van der Waals surface area contributed by atoms with Crippen molar-refractivity contribution in [2.75, 3.05) is 18.4 Å². The summed E-state index contributed by atoms with van der Waals surface area (Å²) in [6.07, 6.45) is 5.14. The van der Waals surface area contributed by atoms with E-state index in [0.717, 1.165) is 30.4 Å². The predicted octanol–water partition coefficient (Wildman–Crippen LogP) is 1.79. The Morgan fingerprint density at radius 2 is 1.82 bits per heavy atom. The van der Waals surface area contributed by atoms with E-state index < -0.39 is 0 Å². The second-order valence-corrected chi connectivity index (χ2v) is 7.99. The molecule has 1 aliphatic carbocycles. The molecule has 2 aromatic rings. The van der Waals surface area contributed by atoms with E-state index in [1.54, 1.807) is 35.4 Å². The van der Waals surface area contributed by atoms with Gasteiger partial charge >= 0.3 is 11.7 Å². The second kappa shape index (κ2) is 7.33. The minimum Gasteiger partial charge on any atom is -0.339 e. The Balaban J connectivity index is 1.33. The van der Waals surface area contributed by atoms with Crippen molar-refractivity contribution in [2.45, 2.75) is 38.1 Å². The molecule has 8 heteroatoms. The largest absolute Gasteiger partial charge is 0.339 e. The Labute approximate surface area is 163 Å². The molecule has 8 nitrogen and oxygen atoms in total. The van der Waals surface area contributed by atoms with E-state index in [0.29, 0.717) is 24.7 Å². The molecule has 2 fully saturated rings. The van der Waals surface area contributed by atoms with E-state index in [4.69, 9.17) is 0 Å². The minimum absolute atomic E-state index is 0.102. The molecule has 0 spiro atoms. The van der Waals surface area contributed by atoms with Crippen molar-refractivity contribution < 1.29 is 9.59 Å². The number of nitrogens with zero attached hydrogens (tertiary/aromatic N) is 3. The average molecular weight is 385 g/mol. The molecule has 0 radical (unpaired) electrons. The second-order valence-electron chi connectivity index (χ2n) is 7.99. The van der Waals surface area contributed by atoms with Gasteiger partial charge in [-0.05, 0) is 31.0 Å². The summed E-state index contributed by atoms with van der Waals surface area (Å²) in [7, 11) is 3.43. The number of carbonyl (C=O) groups is 2. The molecular weight excluding hydrogens is 358 g/mol. The van der Waals surface area contributed by atoms with Crippen molar-refractivity contribution in [3.05, 3.63) is 28.7 Å². The van der Waals surface area contributed by atoms with Gasteiger partial charge in [-0.15, -0.1) is 0 Å². The van der Waals surface area contributed by atoms with Crippen LogP contribution in [0.5, 0.6) is 0 Å². The molecule has 1 saturated heterocycles. The van der Waals surface area contributed by atoms with E-state index >= 15 is 0 Å². The molecule has 28 heavy (non-hydrogen) atoms. The number of likely N-dealkylation sites (tertiary alicyclic amines) is 1. The van der Waals surface area contributed by atoms with Gasteiger partial charge in [-0.3, -0.25) is 13.9 Å². The van der Waals surface area contributed by atoms with E-state index in [2.05, 4.69) is 10.6 Å². The highest BCUT2D eigenvalue weighted by molar-refractivity contribution is 5.92. The zero-order valence-corrected chi connectivity index (χ0v) is 16.4. The number of nitrogens with one attached hydrogen (secondary N) is 2. The fourth-order valence-electron chi connectivity index (χ4n) is 4.51. The van der Waals surface area contributed by atoms with Crippen LogP contribution >= 0.6 is 0 Å². The van der Waals surface area contributed by atoms with E-state index in [-0.39, 0.29) is 23.5 Å². The molecular formula is C20H27N5O3. The molecule has 3 amide bonds. The number of benzene rings is 1. The fourth-order valence-corrected chi connectivity index (χ4v) is 4.51. The Bertz CT molecular complexity index is 970. The quantitative estimate of drug-likeness (QED) is 0.841. The number of carbonyl (C=O) groups excluding carboxylic acids is 2. The van der Waals surface area contributed by atoms with Gasteiger partial charge in [-0.2, -0.15) is 0 Å². The predicted molar refractivity (Wildman–Crippen MR) is 107 cm³/mol. The summed E-state index contributed by atoms with van der Waals surface area (Å²) in [5, 5.41) is 5.70. The van der Waals surface area contributed by atoms with E-state index in [9.17, 15) is 14.4 Å². The van der Waals surface area contributed by atoms with Gasteiger partial charge in [0.1, 0.15) is 0 Å². The topological polar surface area (TPSA) is 88.4 Å². The van der Waals surface area contributed by atoms with Gasteiger partial charge in [0.15, 0.2) is 0 Å². The Hall–Kier alpha value is -2.77. The minimum atomic E-state index is -0.299. The molecule has 4 rings (SSSR count). The van der Waals surface area contributed by atoms with Gasteiger partial charge in [0.2, 0.25) is 5.91 Å². The number of anilines is 1. The molecule has 1 saturated carbocycles. The Kier molecular flexibility index (Phi) is 4.87. The zero-order valence-electron chi connectivity index (χ0n) is 16.4. The van der Waals surface area contributed by atoms with Crippen molar-refractivity contribution >= 4 is 28.7 Å². The number of fused-ring (bicyclic) bond motifs is 1. The fraction of sp³-hybridized carbons (Fsp3) is 0.550. The van der Waals surface area contributed by atoms with Gasteiger partial charge in [0, 0.05) is 51.3 Å². The molecule has 1 aromatic carbocycles. The van der Waals surface area contributed by atoms with Crippen LogP contribution in [0, 0.1) is 5.92 Å². The van der Waals surface area contributed by atoms with Crippen molar-refractivity contribution in [1.82, 2.24) is 19.4 Å². The van der Waals surface area contributed by atoms with Crippen LogP contribution in [0.25, 0.3) is 11.0 Å². The van der Waals surface area contributed by atoms with Crippen LogP contribution in [0.3, 0.4) is 0 Å². The van der Waals surface area contributed by atoms with Crippen LogP contribution in [0.4, 0.5) is 10.5 Å². The van der Waals surface area contributed by atoms with Crippen molar-refractivity contribution in [1.29, 1.82) is 0 Å². The number of rotatable bonds is 4. The number of amides is 3. The summed E-state index contributed by atoms with van der Waals surface area (Å²) in [4.78, 5) is 38.6. The average Bonchev–Trinajstić information content (AvgIpc) is 3.37. The lowest BCUT2D eigenvalue weighted by Crippen LogP contribution is -2.36. The highest BCUT2D eigenvalue weighted by Gasteiger charge is 2.35. The summed E-state index contributed by atoms with van der Waals surface area (Å²) in [5.74, 6) is 0.380. The normalized spacial score (nSPS) is 20.3. The summed E-state index contributed by atoms with van der Waals surface area (Å²) >= 11 is 0. The molecule has 1 aromatic heterocycles. The molecule has 0 bridgehead atoms. The Morgan fingerprint density at radius 1 is 1.11 bits per heavy atom. The maximum atomic E-state index is 12.3. The lowest BCUT2D eigenvalue weighted by Gasteiger charge is -2.24. The van der Waals surface area contributed by atoms with Crippen molar-refractivity contribution in [3.8, 4) is 0 Å². The molecule has 2 heterocycles. The zero-order chi connectivity index (χ0) is 19.8. The number of hydrogen-bond acceptors (Lipinski definition) is 3. The number of aryl methyl sites for hydroxylation is 2. The highest BCUT2D eigenvalue weighted by Crippen LogP contribution is 2.29. The first-order valence-corrected chi connectivity index (χ1v) is 9.94. The van der Waals surface area contributed by atoms with Gasteiger partial charge in [-0.1, -0.05) is 12.8 Å². The van der Waals surface area contributed by atoms with Crippen LogP contribution in [0.2, 0.25) is 0 Å². The van der Waals surface area contributed by atoms with Gasteiger partial charge < -0.3 is 15.5 Å². The van der Waals surface area contributed by atoms with Crippen LogP contribution < -0.4 is 16.3 Å². The first-order chi connectivity index (χ1) is 13.4. The number of imidazole rings is 1. The molecule has 2 N–H and O–H groups in total. The number of aromatic nitrogens is 2. The number of urea groups is 1. The van der Waals surface area contributed by atoms with Gasteiger partial charge in [0.25, 0.3) is 0 Å². The lowest BCUT2D eigenvalue weighted by atomic mass is 10.1. The van der Waals surface area contributed by atoms with Crippen molar-refractivity contribution in [3.63, 3.8) is 0 Å². The molecule has 1 atom stereocenters. The smallest absolute Gasteiger partial charge is 0.328 e. The first-order valence-electron chi connectivity index (χ1n) is 9.94. The van der Waals surface area contributed by atoms with E-state index in [1.165, 1.54) is 12.8 Å². The highest BCUT2D eigenvalue weighted by atomic mass is 16.2. The van der Waals surface area contributed by atoms with Crippen LogP contribution in [0.1, 0.15) is 32.1 Å². The third-order valence-corrected chi connectivity index (χ3v) is 6.09. The number of hydrogen-bond donors (Lipinski definition) is 2. The Morgan fingerprint density at radius 3 is 2.57 bits per heavy atom. The third-order valence-electron chi connectivity index (χ3n) is 6.09. The van der Waals surface area contributed by atoms with E-state index in [1.807, 2.05) is 11.0 Å². The maximum Gasteiger partial charge on any atom is 0.328 e. The molecule has 1 unspecified atom stereocenters. The first kappa shape index (κ1) is 18.6. The summed E-state index contributed by atoms with van der Waals surface area (Å²) in [6, 6.07) is 5.49. The maximum absolute atomic E-state index is 12.3. The standard InChI is InChI=1S/C20H27N5O3/c1-23-16-8-7-14(10-17(16)24(2)20(23)28)22-19(27)21-11-13-9-18(26)25(12-13)15-5-3-4-6-15/h7-8,10,13,15H,3-6,9,11-12H2,1-2H3,(H2,21,22,27). The molecule has 1 aliphatic heterocycles. The summed E-state index contributed by atoms with van der Waals surface area (Å²) in [6.45, 7) is 1.22.